The van der Waals surface area contributed by atoms with Crippen molar-refractivity contribution in [3.05, 3.63) is 76.8 Å². The number of carbonyl (C=O) groups is 1. The number of pyridine rings is 1. The normalized spacial score (nSPS) is 10.8. The lowest BCUT2D eigenvalue weighted by Crippen LogP contribution is -2.13. The Morgan fingerprint density at radius 3 is 2.77 bits per heavy atom. The van der Waals surface area contributed by atoms with E-state index < -0.39 is 11.7 Å². The Balaban J connectivity index is 1.64. The Morgan fingerprint density at radius 1 is 1.12 bits per heavy atom. The molecule has 1 N–H and O–H groups in total. The van der Waals surface area contributed by atoms with Crippen LogP contribution < -0.4 is 5.32 Å². The topological polar surface area (TPSA) is 68.0 Å². The second-order valence-corrected chi connectivity index (χ2v) is 6.44. The van der Waals surface area contributed by atoms with Gasteiger partial charge in [0.05, 0.1) is 11.1 Å². The van der Waals surface area contributed by atoms with Crippen LogP contribution in [0.25, 0.3) is 22.6 Å². The molecule has 2 aromatic carbocycles. The molecule has 0 unspecified atom stereocenters. The third kappa shape index (κ3) is 3.21. The molecular formula is C19H11BrFN3O2. The Kier molecular flexibility index (Phi) is 4.22. The molecule has 0 saturated carbocycles. The predicted octanol–water partition coefficient (Wildman–Crippen LogP) is 5.04. The van der Waals surface area contributed by atoms with E-state index in [1.165, 1.54) is 18.2 Å². The van der Waals surface area contributed by atoms with Crippen molar-refractivity contribution in [2.45, 2.75) is 0 Å². The summed E-state index contributed by atoms with van der Waals surface area (Å²) in [4.78, 5) is 20.7. The van der Waals surface area contributed by atoms with Gasteiger partial charge in [0.1, 0.15) is 11.3 Å². The Hall–Kier alpha value is -3.06. The summed E-state index contributed by atoms with van der Waals surface area (Å²) in [7, 11) is 0. The number of nitrogens with zero attached hydrogens (tertiary/aromatic N) is 2. The SMILES string of the molecule is O=C(Nc1ccc2oc(-c3cncc(Br)c3)nc2c1)c1ccccc1F. The number of nitrogens with one attached hydrogen (secondary N) is 1. The van der Waals surface area contributed by atoms with Crippen molar-refractivity contribution >= 4 is 38.6 Å². The summed E-state index contributed by atoms with van der Waals surface area (Å²) in [5.41, 5.74) is 2.36. The number of benzene rings is 2. The van der Waals surface area contributed by atoms with Crippen molar-refractivity contribution in [3.63, 3.8) is 0 Å². The van der Waals surface area contributed by atoms with Crippen molar-refractivity contribution in [3.8, 4) is 11.5 Å². The van der Waals surface area contributed by atoms with E-state index in [0.29, 0.717) is 22.7 Å². The van der Waals surface area contributed by atoms with Gasteiger partial charge in [0.25, 0.3) is 5.91 Å². The summed E-state index contributed by atoms with van der Waals surface area (Å²) in [6.45, 7) is 0. The fourth-order valence-corrected chi connectivity index (χ4v) is 2.87. The molecule has 1 amide bonds. The molecule has 0 atom stereocenters. The Morgan fingerprint density at radius 2 is 1.96 bits per heavy atom. The number of carbonyl (C=O) groups excluding carboxylic acids is 1. The summed E-state index contributed by atoms with van der Waals surface area (Å²) < 4.78 is 20.3. The minimum atomic E-state index is -0.572. The molecule has 0 saturated heterocycles. The minimum absolute atomic E-state index is 0.0198. The van der Waals surface area contributed by atoms with Gasteiger partial charge in [0.2, 0.25) is 5.89 Å². The minimum Gasteiger partial charge on any atom is -0.436 e. The van der Waals surface area contributed by atoms with E-state index in [0.717, 1.165) is 10.0 Å². The van der Waals surface area contributed by atoms with Crippen molar-refractivity contribution < 1.29 is 13.6 Å². The lowest BCUT2D eigenvalue weighted by molar-refractivity contribution is 0.102. The summed E-state index contributed by atoms with van der Waals surface area (Å²) >= 11 is 3.36. The van der Waals surface area contributed by atoms with Gasteiger partial charge >= 0.3 is 0 Å². The van der Waals surface area contributed by atoms with Crippen LogP contribution in [0.5, 0.6) is 0 Å². The van der Waals surface area contributed by atoms with E-state index in [2.05, 4.69) is 31.2 Å². The molecule has 0 fully saturated rings. The molecule has 7 heteroatoms. The van der Waals surface area contributed by atoms with Gasteiger partial charge in [-0.1, -0.05) is 12.1 Å². The second kappa shape index (κ2) is 6.68. The lowest BCUT2D eigenvalue weighted by atomic mass is 10.2. The summed E-state index contributed by atoms with van der Waals surface area (Å²) in [5.74, 6) is -0.675. The van der Waals surface area contributed by atoms with Gasteiger partial charge in [-0.15, -0.1) is 0 Å². The average molecular weight is 412 g/mol. The average Bonchev–Trinajstić information content (AvgIpc) is 3.05. The first-order valence-electron chi connectivity index (χ1n) is 7.67. The van der Waals surface area contributed by atoms with Crippen LogP contribution in [0.1, 0.15) is 10.4 Å². The lowest BCUT2D eigenvalue weighted by Gasteiger charge is -2.05. The third-order valence-corrected chi connectivity index (χ3v) is 4.15. The van der Waals surface area contributed by atoms with Crippen LogP contribution in [0, 0.1) is 5.82 Å². The fourth-order valence-electron chi connectivity index (χ4n) is 2.50. The molecule has 0 aliphatic rings. The first-order valence-corrected chi connectivity index (χ1v) is 8.47. The third-order valence-electron chi connectivity index (χ3n) is 3.72. The number of fused-ring (bicyclic) bond motifs is 1. The highest BCUT2D eigenvalue weighted by Gasteiger charge is 2.13. The molecular weight excluding hydrogens is 401 g/mol. The predicted molar refractivity (Wildman–Crippen MR) is 99.3 cm³/mol. The maximum atomic E-state index is 13.7. The number of aromatic nitrogens is 2. The zero-order chi connectivity index (χ0) is 18.1. The molecule has 4 rings (SSSR count). The van der Waals surface area contributed by atoms with Gasteiger partial charge < -0.3 is 9.73 Å². The number of oxazole rings is 1. The quantitative estimate of drug-likeness (QED) is 0.512. The van der Waals surface area contributed by atoms with Crippen LogP contribution in [0.15, 0.2) is 69.8 Å². The summed E-state index contributed by atoms with van der Waals surface area (Å²) in [6, 6.07) is 12.7. The Bertz CT molecular complexity index is 1130. The smallest absolute Gasteiger partial charge is 0.258 e. The molecule has 26 heavy (non-hydrogen) atoms. The van der Waals surface area contributed by atoms with E-state index in [1.54, 1.807) is 36.7 Å². The first kappa shape index (κ1) is 16.4. The van der Waals surface area contributed by atoms with Crippen LogP contribution in [0.4, 0.5) is 10.1 Å². The maximum Gasteiger partial charge on any atom is 0.258 e. The molecule has 0 aliphatic carbocycles. The number of hydrogen-bond acceptors (Lipinski definition) is 4. The second-order valence-electron chi connectivity index (χ2n) is 5.53. The van der Waals surface area contributed by atoms with Crippen LogP contribution >= 0.6 is 15.9 Å². The maximum absolute atomic E-state index is 13.7. The Labute approximate surface area is 156 Å². The molecule has 0 bridgehead atoms. The van der Waals surface area contributed by atoms with Crippen LogP contribution in [0.2, 0.25) is 0 Å². The highest BCUT2D eigenvalue weighted by molar-refractivity contribution is 9.10. The largest absolute Gasteiger partial charge is 0.436 e. The summed E-state index contributed by atoms with van der Waals surface area (Å²) in [5, 5.41) is 2.67. The molecule has 0 aliphatic heterocycles. The standard InChI is InChI=1S/C19H11BrFN3O2/c20-12-7-11(9-22-10-12)19-24-16-8-13(5-6-17(16)26-19)23-18(25)14-3-1-2-4-15(14)21/h1-10H,(H,23,25). The molecule has 2 heterocycles. The van der Waals surface area contributed by atoms with Crippen molar-refractivity contribution in [2.75, 3.05) is 5.32 Å². The molecule has 0 radical (unpaired) electrons. The zero-order valence-corrected chi connectivity index (χ0v) is 14.8. The van der Waals surface area contributed by atoms with E-state index in [9.17, 15) is 9.18 Å². The van der Waals surface area contributed by atoms with Crippen LogP contribution in [-0.4, -0.2) is 15.9 Å². The van der Waals surface area contributed by atoms with Gasteiger partial charge in [0, 0.05) is 22.6 Å². The van der Waals surface area contributed by atoms with Gasteiger partial charge in [0.15, 0.2) is 5.58 Å². The molecule has 0 spiro atoms. The van der Waals surface area contributed by atoms with E-state index in [1.807, 2.05) is 6.07 Å². The molecule has 4 aromatic rings. The highest BCUT2D eigenvalue weighted by atomic mass is 79.9. The van der Waals surface area contributed by atoms with Gasteiger partial charge in [-0.05, 0) is 52.3 Å². The zero-order valence-electron chi connectivity index (χ0n) is 13.2. The van der Waals surface area contributed by atoms with Gasteiger partial charge in [-0.3, -0.25) is 9.78 Å². The van der Waals surface area contributed by atoms with Gasteiger partial charge in [-0.2, -0.15) is 0 Å². The number of amides is 1. The van der Waals surface area contributed by atoms with Crippen LogP contribution in [-0.2, 0) is 0 Å². The highest BCUT2D eigenvalue weighted by Crippen LogP contribution is 2.27. The summed E-state index contributed by atoms with van der Waals surface area (Å²) in [6.07, 6.45) is 3.32. The van der Waals surface area contributed by atoms with Crippen LogP contribution in [0.3, 0.4) is 0 Å². The number of hydrogen-bond donors (Lipinski definition) is 1. The van der Waals surface area contributed by atoms with Crippen molar-refractivity contribution in [1.82, 2.24) is 9.97 Å². The van der Waals surface area contributed by atoms with Gasteiger partial charge in [-0.25, -0.2) is 9.37 Å². The molecule has 5 nitrogen and oxygen atoms in total. The monoisotopic (exact) mass is 411 g/mol. The van der Waals surface area contributed by atoms with E-state index >= 15 is 0 Å². The fraction of sp³-hybridized carbons (Fsp3) is 0. The van der Waals surface area contributed by atoms with Crippen molar-refractivity contribution in [2.24, 2.45) is 0 Å². The first-order chi connectivity index (χ1) is 12.6. The molecule has 128 valence electrons. The number of rotatable bonds is 3. The van der Waals surface area contributed by atoms with E-state index in [-0.39, 0.29) is 5.56 Å². The van der Waals surface area contributed by atoms with Crippen molar-refractivity contribution in [1.29, 1.82) is 0 Å². The number of halogens is 2. The number of anilines is 1. The van der Waals surface area contributed by atoms with E-state index in [4.69, 9.17) is 4.42 Å². The molecule has 2 aromatic heterocycles.